The molecule has 1 amide bonds. The summed E-state index contributed by atoms with van der Waals surface area (Å²) in [7, 11) is 0. The van der Waals surface area contributed by atoms with Gasteiger partial charge in [-0.1, -0.05) is 36.4 Å². The van der Waals surface area contributed by atoms with Crippen molar-refractivity contribution >= 4 is 22.8 Å². The number of carbonyl (C=O) groups excluding carboxylic acids is 1. The van der Waals surface area contributed by atoms with Crippen LogP contribution in [0.2, 0.25) is 0 Å². The monoisotopic (exact) mass is 547 g/mol. The highest BCUT2D eigenvalue weighted by molar-refractivity contribution is 5.97. The smallest absolute Gasteiger partial charge is 0.327 e. The fraction of sp³-hybridized carbons (Fsp3) is 0.194. The first-order valence-corrected chi connectivity index (χ1v) is 13.2. The summed E-state index contributed by atoms with van der Waals surface area (Å²) in [6.07, 6.45) is 0. The molecule has 0 spiro atoms. The first-order chi connectivity index (χ1) is 19.9. The van der Waals surface area contributed by atoms with Crippen LogP contribution >= 0.6 is 0 Å². The van der Waals surface area contributed by atoms with Crippen molar-refractivity contribution in [3.8, 4) is 29.5 Å². The Labute approximate surface area is 237 Å². The van der Waals surface area contributed by atoms with Crippen LogP contribution < -0.4 is 15.2 Å². The van der Waals surface area contributed by atoms with Gasteiger partial charge in [0.2, 0.25) is 0 Å². The van der Waals surface area contributed by atoms with E-state index in [4.69, 9.17) is 25.2 Å². The summed E-state index contributed by atoms with van der Waals surface area (Å²) in [4.78, 5) is 28.9. The van der Waals surface area contributed by atoms with Gasteiger partial charge in [-0.3, -0.25) is 4.79 Å². The molecule has 2 aromatic heterocycles. The summed E-state index contributed by atoms with van der Waals surface area (Å²) < 4.78 is 14.3. The standard InChI is InChI=1S/C31H29N7O3/c1-4-37(5-2)30(39)25-15-14-22(18-32)16-26(25)41-31-35-28-27(29(36-31)40-24-13-9-12-23(33)17-24)34-20(3)38(28)19-21-10-7-6-8-11-21/h6-17H,4-5,19,33H2,1-3H3. The van der Waals surface area contributed by atoms with Crippen molar-refractivity contribution in [2.24, 2.45) is 0 Å². The van der Waals surface area contributed by atoms with Crippen LogP contribution in [-0.4, -0.2) is 43.4 Å². The predicted molar refractivity (Wildman–Crippen MR) is 155 cm³/mol. The van der Waals surface area contributed by atoms with Gasteiger partial charge in [0.15, 0.2) is 11.2 Å². The first-order valence-electron chi connectivity index (χ1n) is 13.2. The third kappa shape index (κ3) is 5.79. The number of rotatable bonds is 9. The first kappa shape index (κ1) is 27.1. The molecular formula is C31H29N7O3. The summed E-state index contributed by atoms with van der Waals surface area (Å²) >= 11 is 0. The molecule has 0 aliphatic heterocycles. The Kier molecular flexibility index (Phi) is 7.78. The van der Waals surface area contributed by atoms with Gasteiger partial charge in [-0.05, 0) is 56.7 Å². The highest BCUT2D eigenvalue weighted by Crippen LogP contribution is 2.33. The minimum Gasteiger partial charge on any atom is -0.437 e. The van der Waals surface area contributed by atoms with Gasteiger partial charge in [0.05, 0.1) is 23.7 Å². The van der Waals surface area contributed by atoms with Gasteiger partial charge in [0.1, 0.15) is 17.3 Å². The van der Waals surface area contributed by atoms with Crippen molar-refractivity contribution in [1.82, 2.24) is 24.4 Å². The molecule has 206 valence electrons. The Hall–Kier alpha value is -5.43. The van der Waals surface area contributed by atoms with Gasteiger partial charge in [-0.25, -0.2) is 4.98 Å². The Balaban J connectivity index is 1.64. The van der Waals surface area contributed by atoms with Gasteiger partial charge in [0, 0.05) is 24.8 Å². The van der Waals surface area contributed by atoms with Gasteiger partial charge >= 0.3 is 6.01 Å². The number of aryl methyl sites for hydroxylation is 1. The lowest BCUT2D eigenvalue weighted by Gasteiger charge is -2.20. The third-order valence-corrected chi connectivity index (χ3v) is 6.58. The largest absolute Gasteiger partial charge is 0.437 e. The van der Waals surface area contributed by atoms with E-state index in [2.05, 4.69) is 11.1 Å². The van der Waals surface area contributed by atoms with Crippen molar-refractivity contribution in [3.63, 3.8) is 0 Å². The summed E-state index contributed by atoms with van der Waals surface area (Å²) in [5.74, 6) is 1.28. The van der Waals surface area contributed by atoms with E-state index in [0.717, 1.165) is 5.56 Å². The predicted octanol–water partition coefficient (Wildman–Crippen LogP) is 5.70. The van der Waals surface area contributed by atoms with E-state index in [0.29, 0.717) is 59.2 Å². The molecule has 0 fully saturated rings. The minimum absolute atomic E-state index is 0.0608. The number of carbonyl (C=O) groups is 1. The minimum atomic E-state index is -0.225. The zero-order valence-electron chi connectivity index (χ0n) is 23.0. The lowest BCUT2D eigenvalue weighted by atomic mass is 10.1. The van der Waals surface area contributed by atoms with Gasteiger partial charge in [-0.2, -0.15) is 15.2 Å². The maximum Gasteiger partial charge on any atom is 0.327 e. The molecule has 10 heteroatoms. The molecule has 10 nitrogen and oxygen atoms in total. The fourth-order valence-electron chi connectivity index (χ4n) is 4.46. The number of ether oxygens (including phenoxy) is 2. The van der Waals surface area contributed by atoms with E-state index < -0.39 is 0 Å². The maximum absolute atomic E-state index is 13.3. The molecule has 0 aliphatic carbocycles. The Morgan fingerprint density at radius 3 is 2.46 bits per heavy atom. The van der Waals surface area contributed by atoms with E-state index in [1.54, 1.807) is 41.3 Å². The van der Waals surface area contributed by atoms with E-state index in [-0.39, 0.29) is 23.5 Å². The molecule has 0 bridgehead atoms. The zero-order valence-corrected chi connectivity index (χ0v) is 23.0. The number of fused-ring (bicyclic) bond motifs is 1. The number of anilines is 1. The molecule has 0 saturated carbocycles. The fourth-order valence-corrected chi connectivity index (χ4v) is 4.46. The van der Waals surface area contributed by atoms with Crippen LogP contribution in [0.1, 0.15) is 41.2 Å². The number of imidazole rings is 1. The molecule has 0 atom stereocenters. The lowest BCUT2D eigenvalue weighted by Crippen LogP contribution is -2.30. The number of benzene rings is 3. The van der Waals surface area contributed by atoms with E-state index in [1.807, 2.05) is 55.7 Å². The Bertz CT molecular complexity index is 1760. The van der Waals surface area contributed by atoms with E-state index >= 15 is 0 Å². The van der Waals surface area contributed by atoms with Crippen LogP contribution in [0.5, 0.6) is 23.4 Å². The number of hydrogen-bond donors (Lipinski definition) is 1. The number of nitrogens with zero attached hydrogens (tertiary/aromatic N) is 6. The number of amides is 1. The van der Waals surface area contributed by atoms with Crippen molar-refractivity contribution < 1.29 is 14.3 Å². The lowest BCUT2D eigenvalue weighted by molar-refractivity contribution is 0.0770. The number of nitriles is 1. The summed E-state index contributed by atoms with van der Waals surface area (Å²) in [5, 5.41) is 9.54. The molecule has 0 unspecified atom stereocenters. The molecule has 0 radical (unpaired) electrons. The van der Waals surface area contributed by atoms with Gasteiger partial charge in [0.25, 0.3) is 11.8 Å². The number of aromatic nitrogens is 4. The summed E-state index contributed by atoms with van der Waals surface area (Å²) in [6, 6.07) is 23.6. The number of nitrogen functional groups attached to an aromatic ring is 1. The second-order valence-corrected chi connectivity index (χ2v) is 9.29. The Morgan fingerprint density at radius 2 is 1.76 bits per heavy atom. The van der Waals surface area contributed by atoms with Crippen molar-refractivity contribution in [1.29, 1.82) is 5.26 Å². The van der Waals surface area contributed by atoms with Crippen LogP contribution in [0.15, 0.2) is 72.8 Å². The molecular weight excluding hydrogens is 518 g/mol. The number of hydrogen-bond acceptors (Lipinski definition) is 8. The third-order valence-electron chi connectivity index (χ3n) is 6.58. The Morgan fingerprint density at radius 1 is 0.976 bits per heavy atom. The SMILES string of the molecule is CCN(CC)C(=O)c1ccc(C#N)cc1Oc1nc(Oc2cccc(N)c2)c2nc(C)n(Cc3ccccc3)c2n1. The van der Waals surface area contributed by atoms with Gasteiger partial charge < -0.3 is 24.7 Å². The molecule has 2 N–H and O–H groups in total. The van der Waals surface area contributed by atoms with Crippen LogP contribution in [-0.2, 0) is 6.54 Å². The average Bonchev–Trinajstić information content (AvgIpc) is 3.29. The van der Waals surface area contributed by atoms with Crippen LogP contribution in [0.4, 0.5) is 5.69 Å². The molecule has 0 aliphatic rings. The maximum atomic E-state index is 13.3. The van der Waals surface area contributed by atoms with E-state index in [1.165, 1.54) is 6.07 Å². The summed E-state index contributed by atoms with van der Waals surface area (Å²) in [6.45, 7) is 7.23. The molecule has 5 rings (SSSR count). The highest BCUT2D eigenvalue weighted by Gasteiger charge is 2.23. The average molecular weight is 548 g/mol. The van der Waals surface area contributed by atoms with E-state index in [9.17, 15) is 10.1 Å². The molecule has 41 heavy (non-hydrogen) atoms. The van der Waals surface area contributed by atoms with Crippen molar-refractivity contribution in [2.45, 2.75) is 27.3 Å². The molecule has 5 aromatic rings. The normalized spacial score (nSPS) is 10.8. The highest BCUT2D eigenvalue weighted by atomic mass is 16.5. The zero-order chi connectivity index (χ0) is 28.9. The van der Waals surface area contributed by atoms with Crippen LogP contribution in [0, 0.1) is 18.3 Å². The second-order valence-electron chi connectivity index (χ2n) is 9.29. The molecule has 2 heterocycles. The number of nitrogens with two attached hydrogens (primary N) is 1. The molecule has 3 aromatic carbocycles. The van der Waals surface area contributed by atoms with Gasteiger partial charge in [-0.15, -0.1) is 0 Å². The topological polar surface area (TPSA) is 132 Å². The van der Waals surface area contributed by atoms with Crippen molar-refractivity contribution in [2.75, 3.05) is 18.8 Å². The second kappa shape index (κ2) is 11.8. The van der Waals surface area contributed by atoms with Crippen LogP contribution in [0.3, 0.4) is 0 Å². The quantitative estimate of drug-likeness (QED) is 0.232. The summed E-state index contributed by atoms with van der Waals surface area (Å²) in [5.41, 5.74) is 9.12. The molecule has 0 saturated heterocycles. The van der Waals surface area contributed by atoms with Crippen LogP contribution in [0.25, 0.3) is 11.2 Å². The van der Waals surface area contributed by atoms with Crippen molar-refractivity contribution in [3.05, 3.63) is 95.3 Å².